The molecule has 0 radical (unpaired) electrons. The molecule has 2 aliphatic carbocycles. The largest absolute Gasteiger partial charge is 0.294 e. The third-order valence-electron chi connectivity index (χ3n) is 3.44. The molecule has 1 saturated carbocycles. The van der Waals surface area contributed by atoms with Gasteiger partial charge in [0.15, 0.2) is 5.78 Å². The lowest BCUT2D eigenvalue weighted by molar-refractivity contribution is 0.0966. The van der Waals surface area contributed by atoms with Gasteiger partial charge in [0.2, 0.25) is 0 Å². The lowest BCUT2D eigenvalue weighted by Crippen LogP contribution is -2.20. The number of carbonyl (C=O) groups is 1. The molecule has 1 aromatic carbocycles. The van der Waals surface area contributed by atoms with Gasteiger partial charge in [-0.25, -0.2) is 0 Å². The second kappa shape index (κ2) is 2.24. The molecule has 0 amide bonds. The van der Waals surface area contributed by atoms with E-state index in [2.05, 4.69) is 6.07 Å². The quantitative estimate of drug-likeness (QED) is 0.617. The number of hydrogen-bond donors (Lipinski definition) is 0. The highest BCUT2D eigenvalue weighted by molar-refractivity contribution is 6.00. The van der Waals surface area contributed by atoms with Crippen LogP contribution in [0.25, 0.3) is 0 Å². The van der Waals surface area contributed by atoms with Gasteiger partial charge in [-0.3, -0.25) is 4.79 Å². The summed E-state index contributed by atoms with van der Waals surface area (Å²) in [5, 5.41) is 9.16. The minimum absolute atomic E-state index is 0.203. The van der Waals surface area contributed by atoms with E-state index in [1.54, 1.807) is 0 Å². The Morgan fingerprint density at radius 1 is 1.43 bits per heavy atom. The summed E-state index contributed by atoms with van der Waals surface area (Å²) < 4.78 is 0. The fourth-order valence-corrected chi connectivity index (χ4v) is 2.55. The Morgan fingerprint density at radius 3 is 3.00 bits per heavy atom. The summed E-state index contributed by atoms with van der Waals surface area (Å²) >= 11 is 0. The van der Waals surface area contributed by atoms with Crippen molar-refractivity contribution in [1.82, 2.24) is 0 Å². The van der Waals surface area contributed by atoms with E-state index in [1.807, 2.05) is 24.3 Å². The van der Waals surface area contributed by atoms with E-state index < -0.39 is 0 Å². The average molecular weight is 183 g/mol. The van der Waals surface area contributed by atoms with E-state index in [0.717, 1.165) is 17.5 Å². The van der Waals surface area contributed by atoms with Crippen LogP contribution in [0.5, 0.6) is 0 Å². The van der Waals surface area contributed by atoms with E-state index in [4.69, 9.17) is 5.26 Å². The van der Waals surface area contributed by atoms with Crippen molar-refractivity contribution in [2.24, 2.45) is 5.92 Å². The van der Waals surface area contributed by atoms with Gasteiger partial charge in [-0.15, -0.1) is 0 Å². The number of rotatable bonds is 0. The van der Waals surface area contributed by atoms with Crippen LogP contribution in [0.4, 0.5) is 0 Å². The highest BCUT2D eigenvalue weighted by Crippen LogP contribution is 2.59. The number of Topliss-reactive ketones (excluding diaryl/α,β-unsaturated/α-hetero) is 1. The number of carbonyl (C=O) groups excluding carboxylic acids is 1. The van der Waals surface area contributed by atoms with Gasteiger partial charge in [0.05, 0.1) is 11.5 Å². The smallest absolute Gasteiger partial charge is 0.163 e. The molecule has 14 heavy (non-hydrogen) atoms. The van der Waals surface area contributed by atoms with Gasteiger partial charge in [0.1, 0.15) is 0 Å². The van der Waals surface area contributed by atoms with Crippen molar-refractivity contribution in [2.75, 3.05) is 0 Å². The maximum atomic E-state index is 11.7. The maximum Gasteiger partial charge on any atom is 0.163 e. The molecule has 0 spiro atoms. The van der Waals surface area contributed by atoms with Crippen LogP contribution in [0.15, 0.2) is 24.3 Å². The Hall–Kier alpha value is -1.62. The van der Waals surface area contributed by atoms with Gasteiger partial charge in [0, 0.05) is 12.0 Å². The fourth-order valence-electron chi connectivity index (χ4n) is 2.55. The number of fused-ring (bicyclic) bond motifs is 3. The van der Waals surface area contributed by atoms with Crippen LogP contribution in [0, 0.1) is 17.2 Å². The van der Waals surface area contributed by atoms with Crippen LogP contribution in [0.1, 0.15) is 28.8 Å². The van der Waals surface area contributed by atoms with Gasteiger partial charge < -0.3 is 0 Å². The zero-order chi connectivity index (χ0) is 9.76. The molecule has 1 aromatic rings. The first-order valence-electron chi connectivity index (χ1n) is 4.82. The molecule has 3 rings (SSSR count). The SMILES string of the molecule is N#CC12CC1CC(=O)c1ccccc12. The Bertz CT molecular complexity index is 471. The summed E-state index contributed by atoms with van der Waals surface area (Å²) in [6.07, 6.45) is 1.43. The molecular weight excluding hydrogens is 174 g/mol. The van der Waals surface area contributed by atoms with Crippen molar-refractivity contribution in [3.63, 3.8) is 0 Å². The predicted octanol–water partition coefficient (Wildman–Crippen LogP) is 2.05. The van der Waals surface area contributed by atoms with E-state index in [9.17, 15) is 4.79 Å². The maximum absolute atomic E-state index is 11.7. The first-order chi connectivity index (χ1) is 6.78. The third kappa shape index (κ3) is 0.730. The standard InChI is InChI=1S/C12H9NO/c13-7-12-6-8(12)5-11(14)9-3-1-2-4-10(9)12/h1-4,8H,5-6H2. The zero-order valence-corrected chi connectivity index (χ0v) is 7.66. The highest BCUT2D eigenvalue weighted by atomic mass is 16.1. The summed E-state index contributed by atoms with van der Waals surface area (Å²) in [5.74, 6) is 0.490. The molecule has 0 bridgehead atoms. The van der Waals surface area contributed by atoms with Crippen molar-refractivity contribution < 1.29 is 4.79 Å². The molecule has 0 N–H and O–H groups in total. The van der Waals surface area contributed by atoms with Gasteiger partial charge in [-0.2, -0.15) is 5.26 Å². The first-order valence-corrected chi connectivity index (χ1v) is 4.82. The normalized spacial score (nSPS) is 32.8. The van der Waals surface area contributed by atoms with Gasteiger partial charge >= 0.3 is 0 Å². The Morgan fingerprint density at radius 2 is 2.21 bits per heavy atom. The molecule has 2 heteroatoms. The molecule has 0 aromatic heterocycles. The van der Waals surface area contributed by atoms with Crippen molar-refractivity contribution >= 4 is 5.78 Å². The number of ketones is 1. The summed E-state index contributed by atoms with van der Waals surface area (Å²) in [7, 11) is 0. The molecular formula is C12H9NO. The van der Waals surface area contributed by atoms with E-state index in [-0.39, 0.29) is 17.1 Å². The van der Waals surface area contributed by atoms with Crippen molar-refractivity contribution in [3.8, 4) is 6.07 Å². The minimum Gasteiger partial charge on any atom is -0.294 e. The predicted molar refractivity (Wildman–Crippen MR) is 50.8 cm³/mol. The van der Waals surface area contributed by atoms with Crippen LogP contribution >= 0.6 is 0 Å². The molecule has 68 valence electrons. The van der Waals surface area contributed by atoms with Crippen LogP contribution in [-0.2, 0) is 5.41 Å². The van der Waals surface area contributed by atoms with Crippen LogP contribution in [-0.4, -0.2) is 5.78 Å². The van der Waals surface area contributed by atoms with Gasteiger partial charge in [0.25, 0.3) is 0 Å². The number of nitriles is 1. The lowest BCUT2D eigenvalue weighted by Gasteiger charge is -2.18. The number of hydrogen-bond acceptors (Lipinski definition) is 2. The van der Waals surface area contributed by atoms with Crippen LogP contribution in [0.2, 0.25) is 0 Å². The van der Waals surface area contributed by atoms with Crippen molar-refractivity contribution in [1.29, 1.82) is 5.26 Å². The number of benzene rings is 1. The summed E-state index contributed by atoms with van der Waals surface area (Å²) in [4.78, 5) is 11.7. The minimum atomic E-state index is -0.315. The van der Waals surface area contributed by atoms with Crippen LogP contribution < -0.4 is 0 Å². The molecule has 0 saturated heterocycles. The first kappa shape index (κ1) is 7.75. The van der Waals surface area contributed by atoms with Gasteiger partial charge in [-0.05, 0) is 17.9 Å². The van der Waals surface area contributed by atoms with E-state index >= 15 is 0 Å². The van der Waals surface area contributed by atoms with E-state index in [0.29, 0.717) is 6.42 Å². The lowest BCUT2D eigenvalue weighted by atomic mass is 9.82. The second-order valence-corrected chi connectivity index (χ2v) is 4.16. The fraction of sp³-hybridized carbons (Fsp3) is 0.333. The van der Waals surface area contributed by atoms with E-state index in [1.165, 1.54) is 0 Å². The van der Waals surface area contributed by atoms with Crippen molar-refractivity contribution in [3.05, 3.63) is 35.4 Å². The topological polar surface area (TPSA) is 40.9 Å². The monoisotopic (exact) mass is 183 g/mol. The second-order valence-electron chi connectivity index (χ2n) is 4.16. The molecule has 0 aliphatic heterocycles. The molecule has 2 aliphatic rings. The molecule has 2 atom stereocenters. The Balaban J connectivity index is 2.27. The number of nitrogens with zero attached hydrogens (tertiary/aromatic N) is 1. The van der Waals surface area contributed by atoms with Gasteiger partial charge in [-0.1, -0.05) is 24.3 Å². The molecule has 0 heterocycles. The van der Waals surface area contributed by atoms with Crippen molar-refractivity contribution in [2.45, 2.75) is 18.3 Å². The summed E-state index contributed by atoms with van der Waals surface area (Å²) in [5.41, 5.74) is 1.41. The molecule has 1 fully saturated rings. The Labute approximate surface area is 82.2 Å². The molecule has 2 nitrogen and oxygen atoms in total. The molecule has 2 unspecified atom stereocenters. The Kier molecular flexibility index (Phi) is 1.24. The average Bonchev–Trinajstić information content (AvgIpc) is 2.94. The van der Waals surface area contributed by atoms with Crippen LogP contribution in [0.3, 0.4) is 0 Å². The summed E-state index contributed by atoms with van der Waals surface area (Å²) in [6.45, 7) is 0. The third-order valence-corrected chi connectivity index (χ3v) is 3.44. The summed E-state index contributed by atoms with van der Waals surface area (Å²) in [6, 6.07) is 9.92. The zero-order valence-electron chi connectivity index (χ0n) is 7.66. The highest BCUT2D eigenvalue weighted by Gasteiger charge is 2.60.